The fraction of sp³-hybridized carbons (Fsp3) is 0.500. The van der Waals surface area contributed by atoms with Crippen molar-refractivity contribution in [2.24, 2.45) is 11.8 Å². The molecule has 1 fully saturated rings. The Kier molecular flexibility index (Phi) is 4.77. The third kappa shape index (κ3) is 3.59. The number of hydrogen-bond donors (Lipinski definition) is 2. The van der Waals surface area contributed by atoms with Crippen molar-refractivity contribution in [3.8, 4) is 0 Å². The number of carbonyl (C=O) groups is 2. The van der Waals surface area contributed by atoms with Gasteiger partial charge in [0.1, 0.15) is 0 Å². The summed E-state index contributed by atoms with van der Waals surface area (Å²) in [5.74, 6) is -1.31. The molecule has 2 N–H and O–H groups in total. The Morgan fingerprint density at radius 2 is 1.95 bits per heavy atom. The zero-order chi connectivity index (χ0) is 14.5. The predicted octanol–water partition coefficient (Wildman–Crippen LogP) is 2.50. The van der Waals surface area contributed by atoms with E-state index in [0.29, 0.717) is 19.4 Å². The second-order valence-electron chi connectivity index (χ2n) is 5.54. The average molecular weight is 275 g/mol. The molecule has 0 saturated heterocycles. The second kappa shape index (κ2) is 6.55. The Labute approximate surface area is 119 Å². The number of aliphatic carboxylic acids is 1. The quantitative estimate of drug-likeness (QED) is 0.887. The molecule has 1 aliphatic rings. The summed E-state index contributed by atoms with van der Waals surface area (Å²) < 4.78 is 0. The lowest BCUT2D eigenvalue weighted by Crippen LogP contribution is -2.35. The Bertz CT molecular complexity index is 498. The van der Waals surface area contributed by atoms with E-state index in [9.17, 15) is 9.59 Å². The molecule has 0 radical (unpaired) electrons. The van der Waals surface area contributed by atoms with Crippen LogP contribution in [0.2, 0.25) is 0 Å². The van der Waals surface area contributed by atoms with E-state index in [1.165, 1.54) is 0 Å². The minimum Gasteiger partial charge on any atom is -0.481 e. The summed E-state index contributed by atoms with van der Waals surface area (Å²) >= 11 is 0. The van der Waals surface area contributed by atoms with E-state index in [1.807, 2.05) is 31.2 Å². The third-order valence-electron chi connectivity index (χ3n) is 4.11. The lowest BCUT2D eigenvalue weighted by molar-refractivity contribution is -0.144. The first-order chi connectivity index (χ1) is 9.58. The summed E-state index contributed by atoms with van der Waals surface area (Å²) in [6, 6.07) is 7.94. The number of carboxylic acid groups (broad SMARTS) is 1. The molecule has 0 spiro atoms. The van der Waals surface area contributed by atoms with Crippen LogP contribution < -0.4 is 5.32 Å². The van der Waals surface area contributed by atoms with E-state index < -0.39 is 5.97 Å². The van der Waals surface area contributed by atoms with Gasteiger partial charge in [0, 0.05) is 12.5 Å². The Morgan fingerprint density at radius 3 is 2.65 bits per heavy atom. The van der Waals surface area contributed by atoms with Crippen molar-refractivity contribution >= 4 is 11.9 Å². The van der Waals surface area contributed by atoms with Gasteiger partial charge >= 0.3 is 5.97 Å². The number of carboxylic acids is 1. The number of carbonyl (C=O) groups excluding carboxylic acids is 1. The minimum absolute atomic E-state index is 0.0146. The van der Waals surface area contributed by atoms with E-state index in [1.54, 1.807) is 0 Å². The Morgan fingerprint density at radius 1 is 1.25 bits per heavy atom. The Balaban J connectivity index is 1.89. The van der Waals surface area contributed by atoms with Gasteiger partial charge in [-0.1, -0.05) is 30.7 Å². The summed E-state index contributed by atoms with van der Waals surface area (Å²) in [5.41, 5.74) is 2.26. The maximum absolute atomic E-state index is 12.1. The van der Waals surface area contributed by atoms with Gasteiger partial charge in [-0.25, -0.2) is 0 Å². The highest BCUT2D eigenvalue weighted by molar-refractivity contribution is 5.80. The SMILES string of the molecule is Cc1ccccc1CNC(=O)[C@H]1CCC[C@@H](C(=O)O)C1. The fourth-order valence-corrected chi connectivity index (χ4v) is 2.79. The van der Waals surface area contributed by atoms with Crippen molar-refractivity contribution in [1.82, 2.24) is 5.32 Å². The lowest BCUT2D eigenvalue weighted by atomic mass is 9.81. The van der Waals surface area contributed by atoms with Crippen LogP contribution in [0.25, 0.3) is 0 Å². The van der Waals surface area contributed by atoms with E-state index in [2.05, 4.69) is 5.32 Å². The molecule has 0 bridgehead atoms. The summed E-state index contributed by atoms with van der Waals surface area (Å²) in [6.45, 7) is 2.53. The van der Waals surface area contributed by atoms with Gasteiger partial charge in [-0.05, 0) is 37.3 Å². The molecule has 1 aliphatic carbocycles. The molecular formula is C16H21NO3. The monoisotopic (exact) mass is 275 g/mol. The number of rotatable bonds is 4. The molecule has 0 aromatic heterocycles. The van der Waals surface area contributed by atoms with Crippen LogP contribution in [0.5, 0.6) is 0 Å². The molecule has 1 aromatic carbocycles. The van der Waals surface area contributed by atoms with E-state index >= 15 is 0 Å². The van der Waals surface area contributed by atoms with Crippen molar-refractivity contribution in [3.05, 3.63) is 35.4 Å². The first-order valence-electron chi connectivity index (χ1n) is 7.13. The molecule has 2 rings (SSSR count). The molecule has 20 heavy (non-hydrogen) atoms. The minimum atomic E-state index is -0.776. The van der Waals surface area contributed by atoms with Crippen LogP contribution in [0.3, 0.4) is 0 Å². The highest BCUT2D eigenvalue weighted by Gasteiger charge is 2.30. The van der Waals surface area contributed by atoms with Gasteiger partial charge in [-0.3, -0.25) is 9.59 Å². The number of hydrogen-bond acceptors (Lipinski definition) is 2. The molecule has 0 unspecified atom stereocenters. The predicted molar refractivity (Wildman–Crippen MR) is 76.1 cm³/mol. The molecule has 4 heteroatoms. The van der Waals surface area contributed by atoms with Gasteiger partial charge in [-0.15, -0.1) is 0 Å². The fourth-order valence-electron chi connectivity index (χ4n) is 2.79. The normalized spacial score (nSPS) is 22.2. The number of nitrogens with one attached hydrogen (secondary N) is 1. The molecular weight excluding hydrogens is 254 g/mol. The molecule has 1 aromatic rings. The molecule has 1 saturated carbocycles. The van der Waals surface area contributed by atoms with Crippen LogP contribution in [0, 0.1) is 18.8 Å². The van der Waals surface area contributed by atoms with Gasteiger partial charge in [0.2, 0.25) is 5.91 Å². The van der Waals surface area contributed by atoms with Crippen molar-refractivity contribution in [2.75, 3.05) is 0 Å². The highest BCUT2D eigenvalue weighted by atomic mass is 16.4. The number of amides is 1. The summed E-state index contributed by atoms with van der Waals surface area (Å²) in [5, 5.41) is 12.0. The molecule has 0 aliphatic heterocycles. The van der Waals surface area contributed by atoms with Crippen LogP contribution in [0.1, 0.15) is 36.8 Å². The third-order valence-corrected chi connectivity index (χ3v) is 4.11. The van der Waals surface area contributed by atoms with Crippen LogP contribution >= 0.6 is 0 Å². The summed E-state index contributed by atoms with van der Waals surface area (Å²) in [6.07, 6.45) is 2.77. The number of benzene rings is 1. The molecule has 108 valence electrons. The summed E-state index contributed by atoms with van der Waals surface area (Å²) in [7, 11) is 0. The van der Waals surface area contributed by atoms with Gasteiger partial charge in [-0.2, -0.15) is 0 Å². The van der Waals surface area contributed by atoms with Crippen LogP contribution in [-0.2, 0) is 16.1 Å². The van der Waals surface area contributed by atoms with Crippen molar-refractivity contribution in [2.45, 2.75) is 39.2 Å². The van der Waals surface area contributed by atoms with Gasteiger partial charge in [0.25, 0.3) is 0 Å². The van der Waals surface area contributed by atoms with Gasteiger partial charge in [0.05, 0.1) is 5.92 Å². The maximum atomic E-state index is 12.1. The molecule has 4 nitrogen and oxygen atoms in total. The first kappa shape index (κ1) is 14.6. The van der Waals surface area contributed by atoms with Gasteiger partial charge in [0.15, 0.2) is 0 Å². The van der Waals surface area contributed by atoms with E-state index in [4.69, 9.17) is 5.11 Å². The highest BCUT2D eigenvalue weighted by Crippen LogP contribution is 2.29. The van der Waals surface area contributed by atoms with Crippen molar-refractivity contribution < 1.29 is 14.7 Å². The largest absolute Gasteiger partial charge is 0.481 e. The first-order valence-corrected chi connectivity index (χ1v) is 7.13. The zero-order valence-electron chi connectivity index (χ0n) is 11.8. The van der Waals surface area contributed by atoms with Crippen LogP contribution in [0.4, 0.5) is 0 Å². The maximum Gasteiger partial charge on any atom is 0.306 e. The second-order valence-corrected chi connectivity index (χ2v) is 5.54. The molecule has 2 atom stereocenters. The zero-order valence-corrected chi connectivity index (χ0v) is 11.8. The van der Waals surface area contributed by atoms with E-state index in [0.717, 1.165) is 24.0 Å². The van der Waals surface area contributed by atoms with Crippen molar-refractivity contribution in [3.63, 3.8) is 0 Å². The molecule has 0 heterocycles. The Hall–Kier alpha value is -1.84. The van der Waals surface area contributed by atoms with E-state index in [-0.39, 0.29) is 17.7 Å². The number of aryl methyl sites for hydroxylation is 1. The van der Waals surface area contributed by atoms with Crippen LogP contribution in [-0.4, -0.2) is 17.0 Å². The lowest BCUT2D eigenvalue weighted by Gasteiger charge is -2.25. The molecule has 1 amide bonds. The van der Waals surface area contributed by atoms with Gasteiger partial charge < -0.3 is 10.4 Å². The van der Waals surface area contributed by atoms with Crippen molar-refractivity contribution in [1.29, 1.82) is 0 Å². The standard InChI is InChI=1S/C16H21NO3/c1-11-5-2-3-6-14(11)10-17-15(18)12-7-4-8-13(9-12)16(19)20/h2-3,5-6,12-13H,4,7-10H2,1H3,(H,17,18)(H,19,20)/t12-,13+/m0/s1. The average Bonchev–Trinajstić information content (AvgIpc) is 2.46. The summed E-state index contributed by atoms with van der Waals surface area (Å²) in [4.78, 5) is 23.2. The smallest absolute Gasteiger partial charge is 0.306 e. The topological polar surface area (TPSA) is 66.4 Å². The van der Waals surface area contributed by atoms with Crippen LogP contribution in [0.15, 0.2) is 24.3 Å².